The molecule has 1 heterocycles. The van der Waals surface area contributed by atoms with E-state index in [0.717, 1.165) is 5.69 Å². The summed E-state index contributed by atoms with van der Waals surface area (Å²) in [5.41, 5.74) is 3.33. The van der Waals surface area contributed by atoms with E-state index < -0.39 is 0 Å². The Bertz CT molecular complexity index is 441. The minimum atomic E-state index is 0.562. The molecule has 78 valence electrons. The van der Waals surface area contributed by atoms with Crippen LogP contribution < -0.4 is 16.6 Å². The van der Waals surface area contributed by atoms with Crippen molar-refractivity contribution in [2.24, 2.45) is 5.84 Å². The lowest BCUT2D eigenvalue weighted by Gasteiger charge is -2.00. The van der Waals surface area contributed by atoms with Gasteiger partial charge in [-0.05, 0) is 24.3 Å². The standard InChI is InChI=1S/C8H8ClN5S/c9-5-1-3-6(4-2-5)11-7-13-14-8(12-10)15-7/h1-4H,10H2,(H,11,13)(H,12,14). The summed E-state index contributed by atoms with van der Waals surface area (Å²) in [6, 6.07) is 7.32. The van der Waals surface area contributed by atoms with Gasteiger partial charge in [0.1, 0.15) is 0 Å². The molecule has 15 heavy (non-hydrogen) atoms. The van der Waals surface area contributed by atoms with Crippen molar-refractivity contribution in [2.75, 3.05) is 10.7 Å². The Balaban J connectivity index is 2.11. The zero-order valence-corrected chi connectivity index (χ0v) is 9.14. The van der Waals surface area contributed by atoms with Crippen LogP contribution in [0.1, 0.15) is 0 Å². The van der Waals surface area contributed by atoms with E-state index in [1.807, 2.05) is 12.1 Å². The highest BCUT2D eigenvalue weighted by Gasteiger charge is 2.02. The first-order chi connectivity index (χ1) is 7.28. The van der Waals surface area contributed by atoms with Gasteiger partial charge in [-0.25, -0.2) is 5.84 Å². The molecule has 0 atom stereocenters. The molecule has 0 aliphatic heterocycles. The number of hydrazine groups is 1. The van der Waals surface area contributed by atoms with E-state index >= 15 is 0 Å². The number of hydrogen-bond donors (Lipinski definition) is 3. The predicted octanol–water partition coefficient (Wildman–Crippen LogP) is 2.22. The molecule has 0 aliphatic rings. The fourth-order valence-electron chi connectivity index (χ4n) is 0.989. The highest BCUT2D eigenvalue weighted by atomic mass is 35.5. The van der Waals surface area contributed by atoms with Gasteiger partial charge in [-0.15, -0.1) is 10.2 Å². The number of anilines is 3. The monoisotopic (exact) mass is 241 g/mol. The zero-order valence-electron chi connectivity index (χ0n) is 7.57. The number of benzene rings is 1. The maximum Gasteiger partial charge on any atom is 0.221 e. The second-order valence-corrected chi connectivity index (χ2v) is 4.10. The van der Waals surface area contributed by atoms with Crippen molar-refractivity contribution in [3.63, 3.8) is 0 Å². The van der Waals surface area contributed by atoms with Crippen molar-refractivity contribution < 1.29 is 0 Å². The Morgan fingerprint density at radius 2 is 1.80 bits per heavy atom. The molecule has 7 heteroatoms. The minimum absolute atomic E-state index is 0.562. The molecule has 0 saturated heterocycles. The summed E-state index contributed by atoms with van der Waals surface area (Å²) in [7, 11) is 0. The van der Waals surface area contributed by atoms with Gasteiger partial charge in [0.05, 0.1) is 0 Å². The average molecular weight is 242 g/mol. The van der Waals surface area contributed by atoms with Crippen LogP contribution in [0.4, 0.5) is 16.0 Å². The molecule has 1 aromatic heterocycles. The molecule has 0 unspecified atom stereocenters. The zero-order chi connectivity index (χ0) is 10.7. The molecule has 5 nitrogen and oxygen atoms in total. The summed E-state index contributed by atoms with van der Waals surface area (Å²) in [6.07, 6.45) is 0. The van der Waals surface area contributed by atoms with Crippen molar-refractivity contribution in [1.29, 1.82) is 0 Å². The van der Waals surface area contributed by atoms with Gasteiger partial charge in [0, 0.05) is 10.7 Å². The maximum absolute atomic E-state index is 5.76. The first-order valence-electron chi connectivity index (χ1n) is 4.10. The Morgan fingerprint density at radius 1 is 1.13 bits per heavy atom. The summed E-state index contributed by atoms with van der Waals surface area (Å²) in [5, 5.41) is 12.7. The number of nitrogens with two attached hydrogens (primary N) is 1. The van der Waals surface area contributed by atoms with Gasteiger partial charge in [-0.2, -0.15) is 0 Å². The Hall–Kier alpha value is -1.37. The predicted molar refractivity (Wildman–Crippen MR) is 62.5 cm³/mol. The van der Waals surface area contributed by atoms with Gasteiger partial charge in [0.15, 0.2) is 0 Å². The number of rotatable bonds is 3. The average Bonchev–Trinajstić information content (AvgIpc) is 2.69. The molecule has 0 aliphatic carbocycles. The van der Waals surface area contributed by atoms with Gasteiger partial charge in [0.2, 0.25) is 10.3 Å². The number of aromatic nitrogens is 2. The summed E-state index contributed by atoms with van der Waals surface area (Å²) >= 11 is 7.09. The summed E-state index contributed by atoms with van der Waals surface area (Å²) < 4.78 is 0. The van der Waals surface area contributed by atoms with Crippen LogP contribution in [0.3, 0.4) is 0 Å². The third-order valence-corrected chi connectivity index (χ3v) is 2.67. The smallest absolute Gasteiger partial charge is 0.221 e. The van der Waals surface area contributed by atoms with Gasteiger partial charge < -0.3 is 5.32 Å². The van der Waals surface area contributed by atoms with Crippen molar-refractivity contribution in [1.82, 2.24) is 10.2 Å². The molecule has 0 bridgehead atoms. The molecular weight excluding hydrogens is 234 g/mol. The lowest BCUT2D eigenvalue weighted by atomic mass is 10.3. The van der Waals surface area contributed by atoms with Crippen LogP contribution in [0.25, 0.3) is 0 Å². The molecular formula is C8H8ClN5S. The lowest BCUT2D eigenvalue weighted by molar-refractivity contribution is 1.08. The normalized spacial score (nSPS) is 10.0. The van der Waals surface area contributed by atoms with Crippen LogP contribution in [0.5, 0.6) is 0 Å². The van der Waals surface area contributed by atoms with Gasteiger partial charge >= 0.3 is 0 Å². The van der Waals surface area contributed by atoms with Crippen molar-refractivity contribution in [3.05, 3.63) is 29.3 Å². The first-order valence-corrected chi connectivity index (χ1v) is 5.30. The number of nitrogens with one attached hydrogen (secondary N) is 2. The van der Waals surface area contributed by atoms with Crippen molar-refractivity contribution in [3.8, 4) is 0 Å². The van der Waals surface area contributed by atoms with Crippen LogP contribution in [0.2, 0.25) is 5.02 Å². The van der Waals surface area contributed by atoms with Crippen molar-refractivity contribution >= 4 is 38.9 Å². The second-order valence-electron chi connectivity index (χ2n) is 2.69. The number of hydrogen-bond acceptors (Lipinski definition) is 6. The third kappa shape index (κ3) is 2.56. The molecule has 0 fully saturated rings. The Kier molecular flexibility index (Phi) is 3.00. The molecule has 0 saturated carbocycles. The van der Waals surface area contributed by atoms with Crippen LogP contribution in [0, 0.1) is 0 Å². The van der Waals surface area contributed by atoms with Crippen LogP contribution in [-0.2, 0) is 0 Å². The van der Waals surface area contributed by atoms with E-state index in [1.165, 1.54) is 11.3 Å². The minimum Gasteiger partial charge on any atom is -0.330 e. The highest BCUT2D eigenvalue weighted by Crippen LogP contribution is 2.23. The molecule has 2 aromatic rings. The summed E-state index contributed by atoms with van der Waals surface area (Å²) in [5.74, 6) is 5.19. The Labute approximate surface area is 95.2 Å². The van der Waals surface area contributed by atoms with Gasteiger partial charge in [-0.1, -0.05) is 22.9 Å². The molecule has 0 radical (unpaired) electrons. The third-order valence-electron chi connectivity index (χ3n) is 1.64. The highest BCUT2D eigenvalue weighted by molar-refractivity contribution is 7.19. The molecule has 0 spiro atoms. The van der Waals surface area contributed by atoms with Crippen LogP contribution >= 0.6 is 22.9 Å². The van der Waals surface area contributed by atoms with Crippen molar-refractivity contribution in [2.45, 2.75) is 0 Å². The lowest BCUT2D eigenvalue weighted by Crippen LogP contribution is -2.05. The van der Waals surface area contributed by atoms with E-state index in [-0.39, 0.29) is 0 Å². The number of halogens is 1. The molecule has 2 rings (SSSR count). The van der Waals surface area contributed by atoms with E-state index in [2.05, 4.69) is 20.9 Å². The second kappa shape index (κ2) is 4.43. The maximum atomic E-state index is 5.76. The number of nitrogens with zero attached hydrogens (tertiary/aromatic N) is 2. The van der Waals surface area contributed by atoms with E-state index in [0.29, 0.717) is 15.3 Å². The van der Waals surface area contributed by atoms with Gasteiger partial charge in [-0.3, -0.25) is 5.43 Å². The van der Waals surface area contributed by atoms with Crippen LogP contribution in [0.15, 0.2) is 24.3 Å². The fourth-order valence-corrected chi connectivity index (χ4v) is 1.69. The fraction of sp³-hybridized carbons (Fsp3) is 0. The Morgan fingerprint density at radius 3 is 2.40 bits per heavy atom. The van der Waals surface area contributed by atoms with Crippen LogP contribution in [-0.4, -0.2) is 10.2 Å². The SMILES string of the molecule is NNc1nnc(Nc2ccc(Cl)cc2)s1. The largest absolute Gasteiger partial charge is 0.330 e. The number of nitrogen functional groups attached to an aromatic ring is 1. The van der Waals surface area contributed by atoms with Gasteiger partial charge in [0.25, 0.3) is 0 Å². The summed E-state index contributed by atoms with van der Waals surface area (Å²) in [6.45, 7) is 0. The molecule has 0 amide bonds. The van der Waals surface area contributed by atoms with E-state index in [9.17, 15) is 0 Å². The molecule has 4 N–H and O–H groups in total. The van der Waals surface area contributed by atoms with E-state index in [4.69, 9.17) is 17.4 Å². The summed E-state index contributed by atoms with van der Waals surface area (Å²) in [4.78, 5) is 0. The molecule has 1 aromatic carbocycles. The first kappa shape index (κ1) is 10.2. The topological polar surface area (TPSA) is 75.9 Å². The quantitative estimate of drug-likeness (QED) is 0.568. The van der Waals surface area contributed by atoms with E-state index in [1.54, 1.807) is 12.1 Å².